The molecule has 2 rings (SSSR count). The van der Waals surface area contributed by atoms with Gasteiger partial charge in [-0.25, -0.2) is 0 Å². The first kappa shape index (κ1) is 12.1. The van der Waals surface area contributed by atoms with Gasteiger partial charge in [0.2, 0.25) is 5.91 Å². The molecular formula is C8H8LiNO5-. The third-order valence-corrected chi connectivity index (χ3v) is 2.28. The minimum absolute atomic E-state index is 0. The molecule has 2 aliphatic heterocycles. The van der Waals surface area contributed by atoms with Gasteiger partial charge in [-0.05, 0) is 6.08 Å². The fourth-order valence-corrected chi connectivity index (χ4v) is 1.65. The molecule has 2 heterocycles. The van der Waals surface area contributed by atoms with Crippen molar-refractivity contribution in [3.05, 3.63) is 11.8 Å². The summed E-state index contributed by atoms with van der Waals surface area (Å²) in [6, 6.07) is -1.17. The largest absolute Gasteiger partial charge is 0.547 e. The second-order valence-corrected chi connectivity index (χ2v) is 3.09. The van der Waals surface area contributed by atoms with E-state index in [0.717, 1.165) is 4.90 Å². The topological polar surface area (TPSA) is 89.9 Å². The summed E-state index contributed by atoms with van der Waals surface area (Å²) < 4.78 is 5.13. The van der Waals surface area contributed by atoms with Crippen molar-refractivity contribution in [2.75, 3.05) is 6.61 Å². The number of hydrogen-bond donors (Lipinski definition) is 1. The summed E-state index contributed by atoms with van der Waals surface area (Å²) in [6.45, 7) is -0.326. The predicted molar refractivity (Wildman–Crippen MR) is 46.1 cm³/mol. The zero-order valence-corrected chi connectivity index (χ0v) is 8.17. The Morgan fingerprint density at radius 2 is 2.40 bits per heavy atom. The molecule has 7 heteroatoms. The fraction of sp³-hybridized carbons (Fsp3) is 0.500. The van der Waals surface area contributed by atoms with Gasteiger partial charge in [0.25, 0.3) is 0 Å². The predicted octanol–water partition coefficient (Wildman–Crippen LogP) is -2.81. The molecule has 0 spiro atoms. The number of carbonyl (C=O) groups is 2. The Bertz CT molecular complexity index is 329. The van der Waals surface area contributed by atoms with E-state index in [2.05, 4.69) is 0 Å². The second kappa shape index (κ2) is 4.27. The van der Waals surface area contributed by atoms with Crippen molar-refractivity contribution in [3.63, 3.8) is 0 Å². The van der Waals surface area contributed by atoms with E-state index in [0.29, 0.717) is 0 Å². The number of ether oxygens (including phenoxy) is 1. The molecule has 1 radical (unpaired) electrons. The van der Waals surface area contributed by atoms with E-state index in [1.54, 1.807) is 0 Å². The van der Waals surface area contributed by atoms with Crippen LogP contribution in [0.4, 0.5) is 0 Å². The Balaban J connectivity index is 0.00000112. The van der Waals surface area contributed by atoms with E-state index in [4.69, 9.17) is 9.84 Å². The molecule has 1 amide bonds. The molecule has 6 nitrogen and oxygen atoms in total. The molecular weight excluding hydrogens is 197 g/mol. The van der Waals surface area contributed by atoms with Crippen molar-refractivity contribution in [3.8, 4) is 0 Å². The average molecular weight is 205 g/mol. The number of hydrogen-bond acceptors (Lipinski definition) is 5. The van der Waals surface area contributed by atoms with Gasteiger partial charge in [0.1, 0.15) is 11.8 Å². The molecule has 0 aliphatic carbocycles. The van der Waals surface area contributed by atoms with E-state index < -0.39 is 18.2 Å². The molecule has 0 aromatic rings. The molecule has 2 saturated heterocycles. The summed E-state index contributed by atoms with van der Waals surface area (Å²) in [4.78, 5) is 22.9. The second-order valence-electron chi connectivity index (χ2n) is 3.09. The monoisotopic (exact) mass is 205 g/mol. The van der Waals surface area contributed by atoms with Crippen LogP contribution in [-0.2, 0) is 14.3 Å². The Hall–Kier alpha value is -0.963. The summed E-state index contributed by atoms with van der Waals surface area (Å²) in [7, 11) is 0. The SMILES string of the molecule is O=C([O-])C1/C(=C/CO)OC2CC(=O)N21.[Li]. The first-order valence-corrected chi connectivity index (χ1v) is 4.14. The number of aliphatic hydroxyl groups is 1. The Kier molecular flexibility index (Phi) is 3.45. The quantitative estimate of drug-likeness (QED) is 0.388. The summed E-state index contributed by atoms with van der Waals surface area (Å²) in [5.74, 6) is -1.57. The zero-order chi connectivity index (χ0) is 10.3. The Morgan fingerprint density at radius 1 is 1.73 bits per heavy atom. The van der Waals surface area contributed by atoms with Crippen LogP contribution in [-0.4, -0.2) is 59.6 Å². The first-order chi connectivity index (χ1) is 6.65. The number of aliphatic hydroxyl groups excluding tert-OH is 1. The van der Waals surface area contributed by atoms with Crippen molar-refractivity contribution in [2.24, 2.45) is 0 Å². The van der Waals surface area contributed by atoms with Crippen LogP contribution in [0.5, 0.6) is 0 Å². The summed E-state index contributed by atoms with van der Waals surface area (Å²) >= 11 is 0. The van der Waals surface area contributed by atoms with Gasteiger partial charge in [-0.2, -0.15) is 0 Å². The fourth-order valence-electron chi connectivity index (χ4n) is 1.65. The van der Waals surface area contributed by atoms with Crippen LogP contribution in [0.1, 0.15) is 6.42 Å². The first-order valence-electron chi connectivity index (χ1n) is 4.14. The van der Waals surface area contributed by atoms with Gasteiger partial charge in [-0.1, -0.05) is 0 Å². The molecule has 1 N–H and O–H groups in total. The number of rotatable bonds is 2. The molecule has 0 aromatic heterocycles. The van der Waals surface area contributed by atoms with Crippen molar-refractivity contribution < 1.29 is 24.5 Å². The molecule has 2 aliphatic rings. The number of carboxylic acid groups (broad SMARTS) is 1. The summed E-state index contributed by atoms with van der Waals surface area (Å²) in [5.41, 5.74) is 0. The number of carboxylic acids is 1. The third kappa shape index (κ3) is 1.76. The number of fused-ring (bicyclic) bond motifs is 1. The van der Waals surface area contributed by atoms with E-state index in [9.17, 15) is 14.7 Å². The minimum Gasteiger partial charge on any atom is -0.547 e. The molecule has 77 valence electrons. The maximum Gasteiger partial charge on any atom is 0.232 e. The van der Waals surface area contributed by atoms with Gasteiger partial charge in [-0.3, -0.25) is 9.69 Å². The summed E-state index contributed by atoms with van der Waals surface area (Å²) in [6.07, 6.45) is 0.918. The Morgan fingerprint density at radius 3 is 2.87 bits per heavy atom. The van der Waals surface area contributed by atoms with Gasteiger partial charge in [0.05, 0.1) is 19.0 Å². The van der Waals surface area contributed by atoms with Crippen molar-refractivity contribution >= 4 is 30.7 Å². The minimum atomic E-state index is -1.39. The number of carbonyl (C=O) groups excluding carboxylic acids is 2. The van der Waals surface area contributed by atoms with Gasteiger partial charge in [0.15, 0.2) is 6.23 Å². The molecule has 0 saturated carbocycles. The van der Waals surface area contributed by atoms with Crippen molar-refractivity contribution in [1.29, 1.82) is 0 Å². The van der Waals surface area contributed by atoms with E-state index in [1.165, 1.54) is 6.08 Å². The van der Waals surface area contributed by atoms with Crippen molar-refractivity contribution in [2.45, 2.75) is 18.7 Å². The van der Waals surface area contributed by atoms with Crippen LogP contribution in [0.25, 0.3) is 0 Å². The normalized spacial score (nSPS) is 30.3. The number of aliphatic carboxylic acids is 1. The van der Waals surface area contributed by atoms with Crippen LogP contribution < -0.4 is 5.11 Å². The van der Waals surface area contributed by atoms with Crippen LogP contribution in [0.3, 0.4) is 0 Å². The van der Waals surface area contributed by atoms with Crippen molar-refractivity contribution in [1.82, 2.24) is 4.90 Å². The smallest absolute Gasteiger partial charge is 0.232 e. The third-order valence-electron chi connectivity index (χ3n) is 2.28. The van der Waals surface area contributed by atoms with Crippen LogP contribution in [0.15, 0.2) is 11.8 Å². The van der Waals surface area contributed by atoms with E-state index >= 15 is 0 Å². The molecule has 2 unspecified atom stereocenters. The number of nitrogens with zero attached hydrogens (tertiary/aromatic N) is 1. The van der Waals surface area contributed by atoms with Gasteiger partial charge in [-0.15, -0.1) is 0 Å². The van der Waals surface area contributed by atoms with Gasteiger partial charge in [0, 0.05) is 18.9 Å². The molecule has 15 heavy (non-hydrogen) atoms. The van der Waals surface area contributed by atoms with E-state index in [1.807, 2.05) is 0 Å². The van der Waals surface area contributed by atoms with Gasteiger partial charge < -0.3 is 19.7 Å². The molecule has 0 bridgehead atoms. The molecule has 0 aromatic carbocycles. The number of amides is 1. The standard InChI is InChI=1S/C8H9NO5.Li/c10-2-1-4-7(8(12)13)9-5(11)3-6(9)14-4;/h1,6-7,10H,2-3H2,(H,12,13);/p-1/b4-1-;. The van der Waals surface area contributed by atoms with Crippen LogP contribution in [0.2, 0.25) is 0 Å². The molecule has 2 fully saturated rings. The number of β-lactam (4-membered cyclic amide) rings is 1. The van der Waals surface area contributed by atoms with E-state index in [-0.39, 0.29) is 43.6 Å². The van der Waals surface area contributed by atoms with Crippen LogP contribution >= 0.6 is 0 Å². The zero-order valence-electron chi connectivity index (χ0n) is 8.17. The Labute approximate surface area is 97.7 Å². The maximum atomic E-state index is 11.0. The van der Waals surface area contributed by atoms with Crippen LogP contribution in [0, 0.1) is 0 Å². The average Bonchev–Trinajstić information content (AvgIpc) is 2.39. The maximum absolute atomic E-state index is 11.0. The van der Waals surface area contributed by atoms with Gasteiger partial charge >= 0.3 is 0 Å². The summed E-state index contributed by atoms with van der Waals surface area (Å²) in [5, 5.41) is 19.3. The molecule has 2 atom stereocenters.